The molecule has 172 valence electrons. The molecule has 0 aromatic rings. The highest BCUT2D eigenvalue weighted by atomic mass is 16.6. The molecule has 0 saturated carbocycles. The lowest BCUT2D eigenvalue weighted by atomic mass is 9.89. The molecule has 0 radical (unpaired) electrons. The third kappa shape index (κ3) is 20.0. The first-order valence-corrected chi connectivity index (χ1v) is 12.1. The van der Waals surface area contributed by atoms with Gasteiger partial charge >= 0.3 is 11.9 Å². The Labute approximate surface area is 180 Å². The summed E-state index contributed by atoms with van der Waals surface area (Å²) in [6, 6.07) is 0. The molecule has 0 aliphatic heterocycles. The fourth-order valence-corrected chi connectivity index (χ4v) is 3.42. The van der Waals surface area contributed by atoms with Gasteiger partial charge in [0.2, 0.25) is 0 Å². The van der Waals surface area contributed by atoms with Gasteiger partial charge in [0.05, 0.1) is 0 Å². The molecule has 0 aliphatic carbocycles. The van der Waals surface area contributed by atoms with Crippen LogP contribution in [0.25, 0.3) is 0 Å². The summed E-state index contributed by atoms with van der Waals surface area (Å²) < 4.78 is 11.1. The molecule has 0 saturated heterocycles. The van der Waals surface area contributed by atoms with E-state index in [0.717, 1.165) is 25.7 Å². The lowest BCUT2D eigenvalue weighted by molar-refractivity contribution is -0.161. The van der Waals surface area contributed by atoms with Gasteiger partial charge in [-0.2, -0.15) is 0 Å². The zero-order chi connectivity index (χ0) is 22.0. The van der Waals surface area contributed by atoms with Crippen LogP contribution in [0, 0.1) is 5.41 Å². The van der Waals surface area contributed by atoms with Crippen LogP contribution < -0.4 is 0 Å². The summed E-state index contributed by atoms with van der Waals surface area (Å²) in [6.45, 7) is 10.9. The average molecular weight is 413 g/mol. The predicted molar refractivity (Wildman–Crippen MR) is 121 cm³/mol. The lowest BCUT2D eigenvalue weighted by Gasteiger charge is -2.25. The molecule has 4 nitrogen and oxygen atoms in total. The van der Waals surface area contributed by atoms with Gasteiger partial charge in [-0.25, -0.2) is 0 Å². The first-order chi connectivity index (χ1) is 13.8. The molecule has 1 atom stereocenters. The molecule has 0 aromatic carbocycles. The summed E-state index contributed by atoms with van der Waals surface area (Å²) in [5.41, 5.74) is 0.0109. The van der Waals surface area contributed by atoms with E-state index in [0.29, 0.717) is 19.3 Å². The number of esters is 2. The predicted octanol–water partition coefficient (Wildman–Crippen LogP) is 7.38. The molecule has 0 fully saturated rings. The molecule has 1 unspecified atom stereocenters. The normalized spacial score (nSPS) is 12.6. The van der Waals surface area contributed by atoms with E-state index in [4.69, 9.17) is 9.47 Å². The second kappa shape index (κ2) is 17.8. The maximum Gasteiger partial charge on any atom is 0.306 e. The van der Waals surface area contributed by atoms with Crippen molar-refractivity contribution in [1.82, 2.24) is 0 Å². The molecule has 0 aliphatic rings. The molecule has 0 spiro atoms. The van der Waals surface area contributed by atoms with Crippen molar-refractivity contribution in [3.8, 4) is 0 Å². The Morgan fingerprint density at radius 2 is 1.14 bits per heavy atom. The minimum atomic E-state index is -0.351. The Bertz CT molecular complexity index is 412. The van der Waals surface area contributed by atoms with Crippen molar-refractivity contribution in [2.24, 2.45) is 5.41 Å². The van der Waals surface area contributed by atoms with Gasteiger partial charge in [0.15, 0.2) is 0 Å². The Hall–Kier alpha value is -1.06. The zero-order valence-electron chi connectivity index (χ0n) is 20.0. The number of carbonyl (C=O) groups is 2. The molecular weight excluding hydrogens is 364 g/mol. The molecule has 0 bridgehead atoms. The van der Waals surface area contributed by atoms with Gasteiger partial charge in [-0.3, -0.25) is 9.59 Å². The van der Waals surface area contributed by atoms with Gasteiger partial charge in [-0.05, 0) is 24.7 Å². The molecule has 0 heterocycles. The van der Waals surface area contributed by atoms with Gasteiger partial charge in [-0.15, -0.1) is 0 Å². The molecule has 4 heteroatoms. The van der Waals surface area contributed by atoms with E-state index in [1.54, 1.807) is 0 Å². The van der Waals surface area contributed by atoms with Crippen molar-refractivity contribution in [1.29, 1.82) is 0 Å². The summed E-state index contributed by atoms with van der Waals surface area (Å²) in [6.07, 6.45) is 15.0. The molecule has 0 aromatic heterocycles. The van der Waals surface area contributed by atoms with E-state index in [-0.39, 0.29) is 30.1 Å². The first kappa shape index (κ1) is 27.9. The van der Waals surface area contributed by atoms with Gasteiger partial charge in [-0.1, -0.05) is 98.8 Å². The summed E-state index contributed by atoms with van der Waals surface area (Å²) in [5, 5.41) is 0. The maximum atomic E-state index is 12.2. The Balaban J connectivity index is 4.12. The van der Waals surface area contributed by atoms with Crippen LogP contribution in [0.15, 0.2) is 0 Å². The topological polar surface area (TPSA) is 52.6 Å². The van der Waals surface area contributed by atoms with Crippen molar-refractivity contribution in [3.05, 3.63) is 0 Å². The van der Waals surface area contributed by atoms with Crippen LogP contribution in [0.5, 0.6) is 0 Å². The Kier molecular flexibility index (Phi) is 17.1. The standard InChI is InChI=1S/C25H48O4/c1-6-8-10-12-13-15-16-18-23(26)28-21-22(20-25(3,4)5)29-24(27)19-17-14-11-9-7-2/h22H,6-21H2,1-5H3. The van der Waals surface area contributed by atoms with Crippen LogP contribution in [0.3, 0.4) is 0 Å². The fourth-order valence-electron chi connectivity index (χ4n) is 3.42. The number of hydrogen-bond donors (Lipinski definition) is 0. The number of carbonyl (C=O) groups excluding carboxylic acids is 2. The quantitative estimate of drug-likeness (QED) is 0.174. The number of ether oxygens (including phenoxy) is 2. The van der Waals surface area contributed by atoms with E-state index < -0.39 is 0 Å². The van der Waals surface area contributed by atoms with E-state index in [2.05, 4.69) is 34.6 Å². The van der Waals surface area contributed by atoms with Crippen LogP contribution in [-0.2, 0) is 19.1 Å². The second-order valence-electron chi connectivity index (χ2n) is 9.60. The van der Waals surface area contributed by atoms with Crippen molar-refractivity contribution in [3.63, 3.8) is 0 Å². The molecule has 29 heavy (non-hydrogen) atoms. The highest BCUT2D eigenvalue weighted by Gasteiger charge is 2.23. The molecule has 0 N–H and O–H groups in total. The van der Waals surface area contributed by atoms with Crippen LogP contribution >= 0.6 is 0 Å². The largest absolute Gasteiger partial charge is 0.462 e. The van der Waals surface area contributed by atoms with Crippen molar-refractivity contribution < 1.29 is 19.1 Å². The van der Waals surface area contributed by atoms with Gasteiger partial charge in [0, 0.05) is 12.8 Å². The smallest absolute Gasteiger partial charge is 0.306 e. The lowest BCUT2D eigenvalue weighted by Crippen LogP contribution is -2.29. The minimum absolute atomic E-state index is 0.0109. The van der Waals surface area contributed by atoms with Crippen LogP contribution in [0.4, 0.5) is 0 Å². The summed E-state index contributed by atoms with van der Waals surface area (Å²) >= 11 is 0. The van der Waals surface area contributed by atoms with Gasteiger partial charge in [0.25, 0.3) is 0 Å². The van der Waals surface area contributed by atoms with Crippen LogP contribution in [-0.4, -0.2) is 24.6 Å². The van der Waals surface area contributed by atoms with E-state index in [1.165, 1.54) is 51.4 Å². The first-order valence-electron chi connectivity index (χ1n) is 12.1. The third-order valence-corrected chi connectivity index (χ3v) is 5.04. The monoisotopic (exact) mass is 412 g/mol. The third-order valence-electron chi connectivity index (χ3n) is 5.04. The zero-order valence-corrected chi connectivity index (χ0v) is 20.0. The summed E-state index contributed by atoms with van der Waals surface area (Å²) in [4.78, 5) is 24.2. The van der Waals surface area contributed by atoms with Crippen molar-refractivity contribution in [2.45, 2.75) is 137 Å². The number of rotatable bonds is 18. The Morgan fingerprint density at radius 1 is 0.690 bits per heavy atom. The van der Waals surface area contributed by atoms with E-state index in [1.807, 2.05) is 0 Å². The second-order valence-corrected chi connectivity index (χ2v) is 9.60. The highest BCUT2D eigenvalue weighted by molar-refractivity contribution is 5.70. The maximum absolute atomic E-state index is 12.2. The average Bonchev–Trinajstić information content (AvgIpc) is 2.64. The van der Waals surface area contributed by atoms with E-state index >= 15 is 0 Å². The molecule has 0 amide bonds. The van der Waals surface area contributed by atoms with Gasteiger partial charge in [0.1, 0.15) is 12.7 Å². The molecule has 0 rings (SSSR count). The fraction of sp³-hybridized carbons (Fsp3) is 0.920. The van der Waals surface area contributed by atoms with Crippen LogP contribution in [0.1, 0.15) is 131 Å². The molecular formula is C25H48O4. The van der Waals surface area contributed by atoms with Crippen LogP contribution in [0.2, 0.25) is 0 Å². The van der Waals surface area contributed by atoms with E-state index in [9.17, 15) is 9.59 Å². The summed E-state index contributed by atoms with van der Waals surface area (Å²) in [7, 11) is 0. The van der Waals surface area contributed by atoms with Crippen molar-refractivity contribution in [2.75, 3.05) is 6.61 Å². The highest BCUT2D eigenvalue weighted by Crippen LogP contribution is 2.23. The van der Waals surface area contributed by atoms with Gasteiger partial charge < -0.3 is 9.47 Å². The number of unbranched alkanes of at least 4 members (excludes halogenated alkanes) is 10. The van der Waals surface area contributed by atoms with Crippen molar-refractivity contribution >= 4 is 11.9 Å². The SMILES string of the molecule is CCCCCCCCCC(=O)OCC(CC(C)(C)C)OC(=O)CCCCCCC. The summed E-state index contributed by atoms with van der Waals surface area (Å²) in [5.74, 6) is -0.341. The number of hydrogen-bond acceptors (Lipinski definition) is 4. The Morgan fingerprint density at radius 3 is 1.62 bits per heavy atom. The minimum Gasteiger partial charge on any atom is -0.462 e.